The topological polar surface area (TPSA) is 87.7 Å². The van der Waals surface area contributed by atoms with Crippen molar-refractivity contribution in [2.45, 2.75) is 25.7 Å². The van der Waals surface area contributed by atoms with Crippen molar-refractivity contribution in [2.24, 2.45) is 0 Å². The Morgan fingerprint density at radius 3 is 2.43 bits per heavy atom. The predicted octanol–water partition coefficient (Wildman–Crippen LogP) is 7.80. The van der Waals surface area contributed by atoms with Crippen LogP contribution in [0.1, 0.15) is 40.2 Å². The van der Waals surface area contributed by atoms with Gasteiger partial charge in [-0.15, -0.1) is 0 Å². The molecule has 2 heterocycles. The molecule has 6 rings (SSSR count). The summed E-state index contributed by atoms with van der Waals surface area (Å²) in [7, 11) is 1.73. The van der Waals surface area contributed by atoms with E-state index in [1.54, 1.807) is 38.3 Å². The summed E-state index contributed by atoms with van der Waals surface area (Å²) in [5.74, 6) is -1.95. The summed E-state index contributed by atoms with van der Waals surface area (Å²) in [5.41, 5.74) is 4.18. The Bertz CT molecular complexity index is 1800. The molecule has 4 aromatic carbocycles. The Hall–Kier alpha value is -4.60. The number of nitrogens with zero attached hydrogens (tertiary/aromatic N) is 2. The van der Waals surface area contributed by atoms with Gasteiger partial charge in [0.05, 0.1) is 23.3 Å². The monoisotopic (exact) mass is 597 g/mol. The number of imidazole rings is 1. The van der Waals surface area contributed by atoms with Gasteiger partial charge in [-0.25, -0.2) is 13.6 Å². The zero-order chi connectivity index (χ0) is 30.8. The van der Waals surface area contributed by atoms with E-state index in [0.717, 1.165) is 37.4 Å². The van der Waals surface area contributed by atoms with Crippen LogP contribution >= 0.6 is 0 Å². The molecular formula is C35H33F2N3O4. The second kappa shape index (κ2) is 12.6. The number of aromatic amines is 1. The van der Waals surface area contributed by atoms with Gasteiger partial charge in [-0.2, -0.15) is 4.98 Å². The predicted molar refractivity (Wildman–Crippen MR) is 165 cm³/mol. The minimum Gasteiger partial charge on any atom is -0.478 e. The number of rotatable bonds is 9. The van der Waals surface area contributed by atoms with Crippen LogP contribution in [-0.2, 0) is 4.74 Å². The maximum absolute atomic E-state index is 15.7. The highest BCUT2D eigenvalue weighted by Crippen LogP contribution is 2.35. The zero-order valence-corrected chi connectivity index (χ0v) is 24.6. The van der Waals surface area contributed by atoms with Gasteiger partial charge in [-0.05, 0) is 72.2 Å². The lowest BCUT2D eigenvalue weighted by molar-refractivity contribution is 0.0695. The maximum Gasteiger partial charge on any atom is 0.336 e. The van der Waals surface area contributed by atoms with E-state index in [2.05, 4.69) is 39.1 Å². The Balaban J connectivity index is 1.20. The number of halogens is 2. The second-order valence-corrected chi connectivity index (χ2v) is 11.2. The summed E-state index contributed by atoms with van der Waals surface area (Å²) >= 11 is 0. The first-order valence-corrected chi connectivity index (χ1v) is 14.6. The quantitative estimate of drug-likeness (QED) is 0.180. The molecule has 5 aromatic rings. The number of aromatic nitrogens is 2. The lowest BCUT2D eigenvalue weighted by Gasteiger charge is -2.32. The molecule has 0 unspecified atom stereocenters. The highest BCUT2D eigenvalue weighted by Gasteiger charge is 2.22. The van der Waals surface area contributed by atoms with Crippen molar-refractivity contribution in [1.82, 2.24) is 14.9 Å². The first-order valence-electron chi connectivity index (χ1n) is 14.6. The van der Waals surface area contributed by atoms with Gasteiger partial charge in [0, 0.05) is 26.3 Å². The number of aromatic carboxylic acids is 1. The summed E-state index contributed by atoms with van der Waals surface area (Å²) in [6.45, 7) is 5.50. The van der Waals surface area contributed by atoms with Gasteiger partial charge < -0.3 is 24.5 Å². The van der Waals surface area contributed by atoms with Gasteiger partial charge in [0.25, 0.3) is 6.01 Å². The molecule has 0 radical (unpaired) electrons. The molecule has 2 N–H and O–H groups in total. The fraction of sp³-hybridized carbons (Fsp3) is 0.257. The van der Waals surface area contributed by atoms with Gasteiger partial charge in [0.15, 0.2) is 5.82 Å². The van der Waals surface area contributed by atoms with Crippen LogP contribution in [0.3, 0.4) is 0 Å². The van der Waals surface area contributed by atoms with Crippen molar-refractivity contribution >= 4 is 17.0 Å². The Labute approximate surface area is 254 Å². The van der Waals surface area contributed by atoms with E-state index in [9.17, 15) is 9.90 Å². The van der Waals surface area contributed by atoms with Crippen LogP contribution in [0.25, 0.3) is 33.3 Å². The van der Waals surface area contributed by atoms with Gasteiger partial charge in [-0.1, -0.05) is 54.6 Å². The van der Waals surface area contributed by atoms with Crippen LogP contribution in [-0.4, -0.2) is 59.3 Å². The van der Waals surface area contributed by atoms with E-state index in [1.807, 2.05) is 12.1 Å². The number of benzene rings is 4. The number of hydrogen-bond acceptors (Lipinski definition) is 5. The lowest BCUT2D eigenvalue weighted by atomic mass is 9.89. The third-order valence-electron chi connectivity index (χ3n) is 8.31. The summed E-state index contributed by atoms with van der Waals surface area (Å²) in [6, 6.07) is 21.3. The van der Waals surface area contributed by atoms with Crippen molar-refractivity contribution < 1.29 is 28.2 Å². The second-order valence-electron chi connectivity index (χ2n) is 11.2. The number of hydrogen-bond donors (Lipinski definition) is 2. The van der Waals surface area contributed by atoms with E-state index < -0.39 is 17.6 Å². The summed E-state index contributed by atoms with van der Waals surface area (Å²) < 4.78 is 41.8. The zero-order valence-electron chi connectivity index (χ0n) is 24.6. The molecule has 1 aromatic heterocycles. The number of carbonyl (C=O) groups is 1. The number of ether oxygens (including phenoxy) is 2. The van der Waals surface area contributed by atoms with Gasteiger partial charge in [0.2, 0.25) is 0 Å². The SMILES string of the molecule is COCCN1CCC[C@@H](c2ccc(-c3ccc(-c4c(F)cc5[nH]c(Oc6ccc(C)c(C(=O)O)c6)nc5c4F)cc3)cc2)C1. The molecule has 226 valence electrons. The fourth-order valence-corrected chi connectivity index (χ4v) is 5.91. The number of piperidine rings is 1. The third-order valence-corrected chi connectivity index (χ3v) is 8.31. The maximum atomic E-state index is 15.7. The average molecular weight is 598 g/mol. The van der Waals surface area contributed by atoms with E-state index in [0.29, 0.717) is 17.0 Å². The highest BCUT2D eigenvalue weighted by atomic mass is 19.1. The third kappa shape index (κ3) is 6.06. The molecule has 1 aliphatic rings. The minimum atomic E-state index is -1.09. The van der Waals surface area contributed by atoms with Gasteiger partial charge >= 0.3 is 5.97 Å². The number of nitrogens with one attached hydrogen (secondary N) is 1. The molecule has 9 heteroatoms. The minimum absolute atomic E-state index is 0.0757. The lowest BCUT2D eigenvalue weighted by Crippen LogP contribution is -2.36. The Kier molecular flexibility index (Phi) is 8.41. The molecule has 7 nitrogen and oxygen atoms in total. The average Bonchev–Trinajstić information content (AvgIpc) is 3.44. The Morgan fingerprint density at radius 1 is 1.02 bits per heavy atom. The molecule has 0 aliphatic carbocycles. The van der Waals surface area contributed by atoms with Crippen LogP contribution < -0.4 is 4.74 Å². The number of aryl methyl sites for hydroxylation is 1. The van der Waals surface area contributed by atoms with Crippen molar-refractivity contribution in [3.8, 4) is 34.0 Å². The molecule has 1 fully saturated rings. The molecule has 0 spiro atoms. The smallest absolute Gasteiger partial charge is 0.336 e. The highest BCUT2D eigenvalue weighted by molar-refractivity contribution is 5.90. The van der Waals surface area contributed by atoms with Crippen LogP contribution in [0.15, 0.2) is 72.8 Å². The van der Waals surface area contributed by atoms with E-state index in [1.165, 1.54) is 30.5 Å². The van der Waals surface area contributed by atoms with Crippen LogP contribution in [0.2, 0.25) is 0 Å². The number of carboxylic acid groups (broad SMARTS) is 1. The first kappa shape index (κ1) is 29.5. The van der Waals surface area contributed by atoms with Crippen molar-refractivity contribution in [1.29, 1.82) is 0 Å². The standard InChI is InChI=1S/C35H33F2N3O4/c1-21-5-14-27(18-28(21)34(41)42)44-35-38-30-19-29(36)31(32(37)33(30)39-35)25-12-10-23(11-13-25)22-6-8-24(9-7-22)26-4-3-15-40(20-26)16-17-43-2/h5-14,18-19,26H,3-4,15-17,20H2,1-2H3,(H,38,39)(H,41,42)/t26-/m1/s1. The molecule has 0 saturated carbocycles. The van der Waals surface area contributed by atoms with E-state index in [-0.39, 0.29) is 33.9 Å². The largest absolute Gasteiger partial charge is 0.478 e. The molecule has 1 atom stereocenters. The molecule has 1 aliphatic heterocycles. The number of carboxylic acids is 1. The molecular weight excluding hydrogens is 564 g/mol. The number of likely N-dealkylation sites (tertiary alicyclic amines) is 1. The van der Waals surface area contributed by atoms with Gasteiger partial charge in [0.1, 0.15) is 17.1 Å². The van der Waals surface area contributed by atoms with Crippen molar-refractivity contribution in [3.05, 3.63) is 101 Å². The summed E-state index contributed by atoms with van der Waals surface area (Å²) in [5, 5.41) is 9.37. The van der Waals surface area contributed by atoms with Gasteiger partial charge in [-0.3, -0.25) is 0 Å². The summed E-state index contributed by atoms with van der Waals surface area (Å²) in [6.07, 6.45) is 2.34. The van der Waals surface area contributed by atoms with Crippen molar-refractivity contribution in [2.75, 3.05) is 33.4 Å². The van der Waals surface area contributed by atoms with E-state index >= 15 is 8.78 Å². The molecule has 1 saturated heterocycles. The van der Waals surface area contributed by atoms with Crippen LogP contribution in [0, 0.1) is 18.6 Å². The number of methoxy groups -OCH3 is 1. The fourth-order valence-electron chi connectivity index (χ4n) is 5.91. The van der Waals surface area contributed by atoms with Crippen LogP contribution in [0.4, 0.5) is 8.78 Å². The molecule has 0 bridgehead atoms. The Morgan fingerprint density at radius 2 is 1.73 bits per heavy atom. The van der Waals surface area contributed by atoms with E-state index in [4.69, 9.17) is 9.47 Å². The molecule has 44 heavy (non-hydrogen) atoms. The summed E-state index contributed by atoms with van der Waals surface area (Å²) in [4.78, 5) is 20.9. The number of H-pyrrole nitrogens is 1. The number of fused-ring (bicyclic) bond motifs is 1. The first-order chi connectivity index (χ1) is 21.3. The van der Waals surface area contributed by atoms with Crippen molar-refractivity contribution in [3.63, 3.8) is 0 Å². The van der Waals surface area contributed by atoms with Crippen LogP contribution in [0.5, 0.6) is 11.8 Å². The normalized spacial score (nSPS) is 15.5. The molecule has 0 amide bonds.